The van der Waals surface area contributed by atoms with Crippen LogP contribution in [0.2, 0.25) is 0 Å². The van der Waals surface area contributed by atoms with Gasteiger partial charge in [0.15, 0.2) is 4.60 Å². The van der Waals surface area contributed by atoms with E-state index < -0.39 is 0 Å². The standard InChI is InChI=1S/C16H11BrN2O/c17-14-11-19(20)16(13-9-5-2-6-10-13)15(18-14)12-7-3-1-4-8-12/h1-11H. The molecule has 98 valence electrons. The maximum absolute atomic E-state index is 12.3. The zero-order chi connectivity index (χ0) is 13.9. The van der Waals surface area contributed by atoms with Gasteiger partial charge in [-0.2, -0.15) is 4.73 Å². The molecular formula is C16H11BrN2O. The number of aromatic nitrogens is 2. The van der Waals surface area contributed by atoms with E-state index in [1.54, 1.807) is 0 Å². The van der Waals surface area contributed by atoms with E-state index in [1.807, 2.05) is 60.7 Å². The predicted molar refractivity (Wildman–Crippen MR) is 81.8 cm³/mol. The van der Waals surface area contributed by atoms with Crippen LogP contribution in [0.4, 0.5) is 0 Å². The molecule has 0 aliphatic heterocycles. The second-order valence-corrected chi connectivity index (χ2v) is 5.13. The van der Waals surface area contributed by atoms with Crippen LogP contribution in [0.5, 0.6) is 0 Å². The van der Waals surface area contributed by atoms with Crippen LogP contribution in [-0.2, 0) is 0 Å². The van der Waals surface area contributed by atoms with Crippen molar-refractivity contribution >= 4 is 15.9 Å². The van der Waals surface area contributed by atoms with Crippen molar-refractivity contribution in [2.24, 2.45) is 0 Å². The molecule has 0 N–H and O–H groups in total. The second kappa shape index (κ2) is 5.43. The van der Waals surface area contributed by atoms with Gasteiger partial charge in [0, 0.05) is 11.1 Å². The number of benzene rings is 2. The smallest absolute Gasteiger partial charge is 0.250 e. The van der Waals surface area contributed by atoms with E-state index in [0.717, 1.165) is 15.9 Å². The first-order valence-corrected chi connectivity index (χ1v) is 6.95. The van der Waals surface area contributed by atoms with Gasteiger partial charge in [-0.25, -0.2) is 4.98 Å². The summed E-state index contributed by atoms with van der Waals surface area (Å²) in [7, 11) is 0. The zero-order valence-electron chi connectivity index (χ0n) is 10.5. The third kappa shape index (κ3) is 2.42. The molecule has 0 atom stereocenters. The Balaban J connectivity index is 2.29. The lowest BCUT2D eigenvalue weighted by Crippen LogP contribution is -2.30. The van der Waals surface area contributed by atoms with Crippen molar-refractivity contribution in [2.75, 3.05) is 0 Å². The number of hydrogen-bond acceptors (Lipinski definition) is 2. The van der Waals surface area contributed by atoms with Crippen LogP contribution < -0.4 is 4.73 Å². The monoisotopic (exact) mass is 326 g/mol. The van der Waals surface area contributed by atoms with Gasteiger partial charge < -0.3 is 5.21 Å². The van der Waals surface area contributed by atoms with E-state index in [0.29, 0.717) is 16.0 Å². The molecule has 20 heavy (non-hydrogen) atoms. The van der Waals surface area contributed by atoms with E-state index in [2.05, 4.69) is 20.9 Å². The van der Waals surface area contributed by atoms with Crippen molar-refractivity contribution in [3.63, 3.8) is 0 Å². The Bertz CT molecular complexity index is 730. The maximum Gasteiger partial charge on any atom is 0.250 e. The normalized spacial score (nSPS) is 10.4. The summed E-state index contributed by atoms with van der Waals surface area (Å²) in [6, 6.07) is 19.3. The van der Waals surface area contributed by atoms with Crippen LogP contribution in [0.25, 0.3) is 22.5 Å². The first-order chi connectivity index (χ1) is 9.75. The molecule has 2 aromatic carbocycles. The fourth-order valence-corrected chi connectivity index (χ4v) is 2.47. The Kier molecular flexibility index (Phi) is 3.48. The number of halogens is 1. The van der Waals surface area contributed by atoms with E-state index in [9.17, 15) is 5.21 Å². The lowest BCUT2D eigenvalue weighted by molar-refractivity contribution is -0.594. The van der Waals surface area contributed by atoms with Crippen molar-refractivity contribution in [2.45, 2.75) is 0 Å². The van der Waals surface area contributed by atoms with Crippen LogP contribution in [0.15, 0.2) is 71.5 Å². The van der Waals surface area contributed by atoms with Gasteiger partial charge in [0.2, 0.25) is 11.9 Å². The Morgan fingerprint density at radius 2 is 1.40 bits per heavy atom. The van der Waals surface area contributed by atoms with E-state index in [4.69, 9.17) is 0 Å². The summed E-state index contributed by atoms with van der Waals surface area (Å²) < 4.78 is 1.38. The van der Waals surface area contributed by atoms with Gasteiger partial charge in [-0.05, 0) is 28.1 Å². The van der Waals surface area contributed by atoms with Gasteiger partial charge in [0.1, 0.15) is 5.69 Å². The molecule has 3 aromatic rings. The average Bonchev–Trinajstić information content (AvgIpc) is 2.48. The van der Waals surface area contributed by atoms with Gasteiger partial charge in [-0.15, -0.1) is 0 Å². The number of hydrogen-bond donors (Lipinski definition) is 0. The average molecular weight is 327 g/mol. The molecule has 3 nitrogen and oxygen atoms in total. The summed E-state index contributed by atoms with van der Waals surface area (Å²) >= 11 is 3.29. The zero-order valence-corrected chi connectivity index (χ0v) is 12.1. The minimum Gasteiger partial charge on any atom is -0.618 e. The lowest BCUT2D eigenvalue weighted by Gasteiger charge is -2.10. The third-order valence-electron chi connectivity index (χ3n) is 2.98. The highest BCUT2D eigenvalue weighted by atomic mass is 79.9. The summed E-state index contributed by atoms with van der Waals surface area (Å²) in [5.74, 6) is 0. The highest BCUT2D eigenvalue weighted by molar-refractivity contribution is 9.10. The van der Waals surface area contributed by atoms with E-state index in [-0.39, 0.29) is 0 Å². The minimum absolute atomic E-state index is 0.519. The summed E-state index contributed by atoms with van der Waals surface area (Å²) in [5.41, 5.74) is 2.99. The van der Waals surface area contributed by atoms with Gasteiger partial charge in [-0.1, -0.05) is 48.5 Å². The quantitative estimate of drug-likeness (QED) is 0.530. The number of rotatable bonds is 2. The Morgan fingerprint density at radius 1 is 0.850 bits per heavy atom. The van der Waals surface area contributed by atoms with Crippen LogP contribution in [-0.4, -0.2) is 4.98 Å². The van der Waals surface area contributed by atoms with Crippen molar-refractivity contribution in [1.29, 1.82) is 0 Å². The second-order valence-electron chi connectivity index (χ2n) is 4.32. The molecule has 0 saturated heterocycles. The first-order valence-electron chi connectivity index (χ1n) is 6.16. The highest BCUT2D eigenvalue weighted by Crippen LogP contribution is 2.28. The largest absolute Gasteiger partial charge is 0.618 e. The molecule has 1 heterocycles. The Labute approximate surface area is 125 Å². The topological polar surface area (TPSA) is 39.8 Å². The number of nitrogens with zero attached hydrogens (tertiary/aromatic N) is 2. The molecule has 0 saturated carbocycles. The third-order valence-corrected chi connectivity index (χ3v) is 3.36. The molecule has 4 heteroatoms. The van der Waals surface area contributed by atoms with Crippen molar-refractivity contribution in [3.05, 3.63) is 76.7 Å². The molecule has 0 amide bonds. The predicted octanol–water partition coefficient (Wildman–Crippen LogP) is 3.81. The first kappa shape index (κ1) is 12.8. The highest BCUT2D eigenvalue weighted by Gasteiger charge is 2.19. The lowest BCUT2D eigenvalue weighted by atomic mass is 10.0. The van der Waals surface area contributed by atoms with Crippen LogP contribution in [0, 0.1) is 5.21 Å². The van der Waals surface area contributed by atoms with Crippen molar-refractivity contribution < 1.29 is 4.73 Å². The minimum atomic E-state index is 0.519. The molecule has 0 spiro atoms. The van der Waals surface area contributed by atoms with Crippen molar-refractivity contribution in [3.8, 4) is 22.5 Å². The molecule has 3 rings (SSSR count). The van der Waals surface area contributed by atoms with Crippen LogP contribution >= 0.6 is 15.9 Å². The molecular weight excluding hydrogens is 316 g/mol. The molecule has 0 fully saturated rings. The Hall–Kier alpha value is -2.20. The molecule has 0 radical (unpaired) electrons. The Morgan fingerprint density at radius 3 is 2.00 bits per heavy atom. The van der Waals surface area contributed by atoms with Crippen LogP contribution in [0.3, 0.4) is 0 Å². The van der Waals surface area contributed by atoms with Gasteiger partial charge in [-0.3, -0.25) is 0 Å². The molecule has 0 aliphatic carbocycles. The molecule has 0 unspecified atom stereocenters. The summed E-state index contributed by atoms with van der Waals surface area (Å²) in [6.45, 7) is 0. The summed E-state index contributed by atoms with van der Waals surface area (Å²) in [5, 5.41) is 12.3. The summed E-state index contributed by atoms with van der Waals surface area (Å²) in [6.07, 6.45) is 1.43. The maximum atomic E-state index is 12.3. The fraction of sp³-hybridized carbons (Fsp3) is 0. The molecule has 0 bridgehead atoms. The fourth-order valence-electron chi connectivity index (χ4n) is 2.11. The molecule has 1 aromatic heterocycles. The molecule has 0 aliphatic rings. The SMILES string of the molecule is [O-][n+]1cc(Br)nc(-c2ccccc2)c1-c1ccccc1. The summed E-state index contributed by atoms with van der Waals surface area (Å²) in [4.78, 5) is 4.48. The van der Waals surface area contributed by atoms with Gasteiger partial charge >= 0.3 is 0 Å². The van der Waals surface area contributed by atoms with Crippen LogP contribution in [0.1, 0.15) is 0 Å². The van der Waals surface area contributed by atoms with Gasteiger partial charge in [0.25, 0.3) is 0 Å². The van der Waals surface area contributed by atoms with E-state index >= 15 is 0 Å². The van der Waals surface area contributed by atoms with Gasteiger partial charge in [0.05, 0.1) is 0 Å². The van der Waals surface area contributed by atoms with E-state index in [1.165, 1.54) is 6.20 Å². The van der Waals surface area contributed by atoms with Crippen molar-refractivity contribution in [1.82, 2.24) is 4.98 Å².